The lowest BCUT2D eigenvalue weighted by Crippen LogP contribution is -1.98. The molecule has 0 spiro atoms. The van der Waals surface area contributed by atoms with Gasteiger partial charge in [-0.1, -0.05) is 46.1 Å². The fourth-order valence-electron chi connectivity index (χ4n) is 1.19. The van der Waals surface area contributed by atoms with Gasteiger partial charge in [0.25, 0.3) is 5.19 Å². The van der Waals surface area contributed by atoms with Crippen LogP contribution in [0.25, 0.3) is 0 Å². The van der Waals surface area contributed by atoms with Crippen molar-refractivity contribution in [1.29, 1.82) is 0 Å². The van der Waals surface area contributed by atoms with Crippen molar-refractivity contribution in [3.8, 4) is 10.9 Å². The van der Waals surface area contributed by atoms with Gasteiger partial charge in [0.05, 0.1) is 12.1 Å². The first-order valence-electron chi connectivity index (χ1n) is 4.89. The van der Waals surface area contributed by atoms with E-state index in [9.17, 15) is 4.79 Å². The molecule has 0 atom stereocenters. The normalized spacial score (nSPS) is 10.3. The van der Waals surface area contributed by atoms with E-state index >= 15 is 0 Å². The van der Waals surface area contributed by atoms with Crippen molar-refractivity contribution in [3.05, 3.63) is 38.3 Å². The molecule has 0 amide bonds. The van der Waals surface area contributed by atoms with Gasteiger partial charge in [-0.3, -0.25) is 0 Å². The molecule has 0 aliphatic carbocycles. The van der Waals surface area contributed by atoms with Crippen molar-refractivity contribution in [3.63, 3.8) is 0 Å². The average Bonchev–Trinajstić information content (AvgIpc) is 2.74. The molecule has 2 aromatic rings. The summed E-state index contributed by atoms with van der Waals surface area (Å²) in [5.74, 6) is -0.245. The molecular weight excluding hydrogens is 333 g/mol. The molecule has 1 heterocycles. The topological polar surface area (TPSA) is 48.4 Å². The van der Waals surface area contributed by atoms with E-state index < -0.39 is 5.97 Å². The molecule has 0 N–H and O–H groups in total. The monoisotopic (exact) mass is 337 g/mol. The van der Waals surface area contributed by atoms with Gasteiger partial charge < -0.3 is 9.47 Å². The van der Waals surface area contributed by atoms with Crippen LogP contribution in [0.1, 0.15) is 9.67 Å². The summed E-state index contributed by atoms with van der Waals surface area (Å²) >= 11 is 18.6. The van der Waals surface area contributed by atoms with E-state index in [0.717, 1.165) is 11.3 Å². The summed E-state index contributed by atoms with van der Waals surface area (Å²) in [5.41, 5.74) is 0. The molecule has 0 saturated carbocycles. The van der Waals surface area contributed by atoms with Crippen LogP contribution in [0.4, 0.5) is 0 Å². The lowest BCUT2D eigenvalue weighted by atomic mass is 10.3. The Morgan fingerprint density at radius 2 is 2.05 bits per heavy atom. The van der Waals surface area contributed by atoms with Gasteiger partial charge in [-0.05, 0) is 12.1 Å². The Kier molecular flexibility index (Phi) is 4.52. The third kappa shape index (κ3) is 3.30. The lowest BCUT2D eigenvalue weighted by Gasteiger charge is -2.03. The van der Waals surface area contributed by atoms with Crippen LogP contribution >= 0.6 is 46.1 Å². The maximum Gasteiger partial charge on any atom is 0.351 e. The second kappa shape index (κ2) is 5.96. The third-order valence-corrected chi connectivity index (χ3v) is 3.87. The molecular formula is C11H6Cl3NO3S. The Balaban J connectivity index is 2.29. The van der Waals surface area contributed by atoms with Crippen LogP contribution in [-0.2, 0) is 4.74 Å². The second-order valence-electron chi connectivity index (χ2n) is 3.27. The highest BCUT2D eigenvalue weighted by molar-refractivity contribution is 7.15. The summed E-state index contributed by atoms with van der Waals surface area (Å²) in [6.07, 6.45) is 0. The number of nitrogens with zero attached hydrogens (tertiary/aromatic N) is 1. The van der Waals surface area contributed by atoms with E-state index in [-0.39, 0.29) is 15.2 Å². The summed E-state index contributed by atoms with van der Waals surface area (Å²) in [6.45, 7) is 0. The number of carbonyl (C=O) groups excluding carboxylic acids is 1. The zero-order valence-corrected chi connectivity index (χ0v) is 12.5. The summed E-state index contributed by atoms with van der Waals surface area (Å²) in [5, 5.41) is 1.03. The Hall–Kier alpha value is -1.01. The van der Waals surface area contributed by atoms with Gasteiger partial charge in [-0.2, -0.15) is 4.98 Å². The molecule has 0 radical (unpaired) electrons. The number of benzene rings is 1. The van der Waals surface area contributed by atoms with E-state index in [4.69, 9.17) is 39.5 Å². The minimum Gasteiger partial charge on any atom is -0.465 e. The second-order valence-corrected chi connectivity index (χ2v) is 5.43. The molecule has 1 aromatic carbocycles. The fraction of sp³-hybridized carbons (Fsp3) is 0.0909. The molecule has 0 aliphatic heterocycles. The molecule has 2 rings (SSSR count). The summed E-state index contributed by atoms with van der Waals surface area (Å²) < 4.78 is 10.0. The van der Waals surface area contributed by atoms with Gasteiger partial charge in [0, 0.05) is 11.1 Å². The number of carbonyl (C=O) groups is 1. The SMILES string of the molecule is COC(=O)c1sc(Oc2cc(Cl)ccc2Cl)nc1Cl. The van der Waals surface area contributed by atoms with Crippen LogP contribution in [0.15, 0.2) is 18.2 Å². The number of rotatable bonds is 3. The van der Waals surface area contributed by atoms with Crippen molar-refractivity contribution in [1.82, 2.24) is 4.98 Å². The number of ether oxygens (including phenoxy) is 2. The molecule has 0 bridgehead atoms. The summed E-state index contributed by atoms with van der Waals surface area (Å²) in [7, 11) is 1.26. The van der Waals surface area contributed by atoms with Gasteiger partial charge in [-0.25, -0.2) is 4.79 Å². The molecule has 1 aromatic heterocycles. The van der Waals surface area contributed by atoms with Crippen LogP contribution in [0.3, 0.4) is 0 Å². The van der Waals surface area contributed by atoms with Crippen molar-refractivity contribution in [2.75, 3.05) is 7.11 Å². The number of halogens is 3. The Labute approximate surface area is 127 Å². The van der Waals surface area contributed by atoms with Gasteiger partial charge in [0.2, 0.25) is 0 Å². The smallest absolute Gasteiger partial charge is 0.351 e. The van der Waals surface area contributed by atoms with Crippen LogP contribution in [0.2, 0.25) is 15.2 Å². The first-order chi connectivity index (χ1) is 9.01. The predicted octanol–water partition coefficient (Wildman–Crippen LogP) is 4.68. The van der Waals surface area contributed by atoms with Crippen LogP contribution < -0.4 is 4.74 Å². The lowest BCUT2D eigenvalue weighted by molar-refractivity contribution is 0.0606. The Bertz CT molecular complexity index is 630. The van der Waals surface area contributed by atoms with Crippen molar-refractivity contribution >= 4 is 52.1 Å². The molecule has 0 aliphatic rings. The molecule has 100 valence electrons. The number of aromatic nitrogens is 1. The molecule has 0 unspecified atom stereocenters. The van der Waals surface area contributed by atoms with Gasteiger partial charge in [0.1, 0.15) is 5.75 Å². The fourth-order valence-corrected chi connectivity index (χ4v) is 2.57. The van der Waals surface area contributed by atoms with E-state index in [1.807, 2.05) is 0 Å². The van der Waals surface area contributed by atoms with Crippen LogP contribution in [-0.4, -0.2) is 18.1 Å². The average molecular weight is 339 g/mol. The number of hydrogen-bond acceptors (Lipinski definition) is 5. The molecule has 0 fully saturated rings. The van der Waals surface area contributed by atoms with E-state index in [1.165, 1.54) is 13.2 Å². The minimum absolute atomic E-state index is 0.0185. The summed E-state index contributed by atoms with van der Waals surface area (Å²) in [4.78, 5) is 15.5. The van der Waals surface area contributed by atoms with Crippen molar-refractivity contribution in [2.24, 2.45) is 0 Å². The number of methoxy groups -OCH3 is 1. The maximum atomic E-state index is 11.4. The van der Waals surface area contributed by atoms with Crippen LogP contribution in [0, 0.1) is 0 Å². The number of hydrogen-bond donors (Lipinski definition) is 0. The highest BCUT2D eigenvalue weighted by Gasteiger charge is 2.19. The Morgan fingerprint density at radius 1 is 1.32 bits per heavy atom. The number of thiazole rings is 1. The van der Waals surface area contributed by atoms with Crippen LogP contribution in [0.5, 0.6) is 10.9 Å². The largest absolute Gasteiger partial charge is 0.465 e. The predicted molar refractivity (Wildman–Crippen MR) is 75.0 cm³/mol. The first kappa shape index (κ1) is 14.4. The van der Waals surface area contributed by atoms with E-state index in [1.54, 1.807) is 12.1 Å². The third-order valence-electron chi connectivity index (χ3n) is 2.03. The van der Waals surface area contributed by atoms with E-state index in [0.29, 0.717) is 15.8 Å². The molecule has 19 heavy (non-hydrogen) atoms. The van der Waals surface area contributed by atoms with Gasteiger partial charge in [-0.15, -0.1) is 0 Å². The minimum atomic E-state index is -0.574. The van der Waals surface area contributed by atoms with Crippen molar-refractivity contribution < 1.29 is 14.3 Å². The Morgan fingerprint density at radius 3 is 2.74 bits per heavy atom. The standard InChI is InChI=1S/C11H6Cl3NO3S/c1-17-10(16)8-9(14)15-11(19-8)18-7-4-5(12)2-3-6(7)13/h2-4H,1H3. The quantitative estimate of drug-likeness (QED) is 0.762. The van der Waals surface area contributed by atoms with Crippen molar-refractivity contribution in [2.45, 2.75) is 0 Å². The first-order valence-corrected chi connectivity index (χ1v) is 6.84. The zero-order chi connectivity index (χ0) is 14.0. The molecule has 8 heteroatoms. The van der Waals surface area contributed by atoms with E-state index in [2.05, 4.69) is 9.72 Å². The zero-order valence-electron chi connectivity index (χ0n) is 9.45. The van der Waals surface area contributed by atoms with Gasteiger partial charge in [0.15, 0.2) is 10.0 Å². The highest BCUT2D eigenvalue weighted by Crippen LogP contribution is 2.36. The maximum absolute atomic E-state index is 11.4. The molecule has 4 nitrogen and oxygen atoms in total. The number of esters is 1. The van der Waals surface area contributed by atoms with Gasteiger partial charge >= 0.3 is 5.97 Å². The summed E-state index contributed by atoms with van der Waals surface area (Å²) in [6, 6.07) is 4.76. The molecule has 0 saturated heterocycles. The highest BCUT2D eigenvalue weighted by atomic mass is 35.5.